The first-order chi connectivity index (χ1) is 15.5. The zero-order chi connectivity index (χ0) is 24.4. The molecule has 3 saturated heterocycles. The van der Waals surface area contributed by atoms with Gasteiger partial charge in [0.1, 0.15) is 0 Å². The molecule has 11 heteroatoms. The summed E-state index contributed by atoms with van der Waals surface area (Å²) in [6, 6.07) is 4.38. The molecule has 1 aromatic heterocycles. The number of nitrogens with zero attached hydrogens (tertiary/aromatic N) is 2. The van der Waals surface area contributed by atoms with Crippen molar-refractivity contribution in [1.82, 2.24) is 15.1 Å². The number of fused-ring (bicyclic) bond motifs is 2. The Labute approximate surface area is 194 Å². The van der Waals surface area contributed by atoms with Gasteiger partial charge in [-0.25, -0.2) is 4.79 Å². The van der Waals surface area contributed by atoms with Crippen LogP contribution in [0.5, 0.6) is 0 Å². The molecule has 33 heavy (non-hydrogen) atoms. The van der Waals surface area contributed by atoms with Crippen LogP contribution in [-0.4, -0.2) is 76.6 Å². The molecule has 0 bridgehead atoms. The van der Waals surface area contributed by atoms with E-state index in [4.69, 9.17) is 9.90 Å². The number of carbonyl (C=O) groups excluding carboxylic acids is 2. The summed E-state index contributed by atoms with van der Waals surface area (Å²) >= 11 is 1.50. The number of hydrogen-bond donors (Lipinski definition) is 2. The normalized spacial score (nSPS) is 25.2. The fraction of sp³-hybridized carbons (Fsp3) is 0.682. The van der Waals surface area contributed by atoms with Crippen LogP contribution in [0.2, 0.25) is 0 Å². The maximum absolute atomic E-state index is 12.6. The van der Waals surface area contributed by atoms with Crippen LogP contribution in [0.25, 0.3) is 0 Å². The van der Waals surface area contributed by atoms with Gasteiger partial charge in [0.25, 0.3) is 5.91 Å². The predicted molar refractivity (Wildman–Crippen MR) is 117 cm³/mol. The Morgan fingerprint density at radius 1 is 1.30 bits per heavy atom. The number of thiophene rings is 1. The molecule has 0 aromatic carbocycles. The quantitative estimate of drug-likeness (QED) is 0.678. The van der Waals surface area contributed by atoms with E-state index in [1.54, 1.807) is 0 Å². The number of piperidine rings is 1. The van der Waals surface area contributed by atoms with E-state index in [9.17, 15) is 22.8 Å². The van der Waals surface area contributed by atoms with E-state index < -0.39 is 12.1 Å². The molecule has 1 aromatic rings. The van der Waals surface area contributed by atoms with Crippen LogP contribution in [0.15, 0.2) is 17.5 Å². The first-order valence-electron chi connectivity index (χ1n) is 11.2. The number of rotatable bonds is 4. The summed E-state index contributed by atoms with van der Waals surface area (Å²) in [5.74, 6) is -1.85. The Kier molecular flexibility index (Phi) is 7.73. The lowest BCUT2D eigenvalue weighted by Gasteiger charge is -2.43. The topological polar surface area (TPSA) is 90.0 Å². The predicted octanol–water partition coefficient (Wildman–Crippen LogP) is 3.22. The lowest BCUT2D eigenvalue weighted by atomic mass is 9.75. The maximum Gasteiger partial charge on any atom is 0.490 e. The Morgan fingerprint density at radius 2 is 1.94 bits per heavy atom. The minimum absolute atomic E-state index is 0.103. The third-order valence-corrected chi connectivity index (χ3v) is 7.87. The van der Waals surface area contributed by atoms with Gasteiger partial charge in [0, 0.05) is 43.7 Å². The highest BCUT2D eigenvalue weighted by Crippen LogP contribution is 2.44. The summed E-state index contributed by atoms with van der Waals surface area (Å²) in [6.45, 7) is 7.91. The van der Waals surface area contributed by atoms with Crippen LogP contribution in [0.1, 0.15) is 49.2 Å². The summed E-state index contributed by atoms with van der Waals surface area (Å²) in [7, 11) is 0. The van der Waals surface area contributed by atoms with Gasteiger partial charge in [-0.2, -0.15) is 13.2 Å². The van der Waals surface area contributed by atoms with E-state index in [1.165, 1.54) is 24.2 Å². The van der Waals surface area contributed by atoms with Gasteiger partial charge < -0.3 is 15.3 Å². The highest BCUT2D eigenvalue weighted by Gasteiger charge is 2.57. The molecule has 184 valence electrons. The Hall–Kier alpha value is -2.14. The lowest BCUT2D eigenvalue weighted by Crippen LogP contribution is -2.56. The molecule has 3 aliphatic heterocycles. The summed E-state index contributed by atoms with van der Waals surface area (Å²) in [4.78, 5) is 39.4. The van der Waals surface area contributed by atoms with E-state index in [0.29, 0.717) is 12.0 Å². The molecule has 1 unspecified atom stereocenters. The van der Waals surface area contributed by atoms with Crippen molar-refractivity contribution < 1.29 is 32.7 Å². The second-order valence-electron chi connectivity index (χ2n) is 9.02. The van der Waals surface area contributed by atoms with Crippen molar-refractivity contribution in [3.8, 4) is 0 Å². The molecule has 3 atom stereocenters. The first kappa shape index (κ1) is 25.5. The van der Waals surface area contributed by atoms with Crippen LogP contribution in [0.3, 0.4) is 0 Å². The van der Waals surface area contributed by atoms with Crippen LogP contribution >= 0.6 is 11.3 Å². The Balaban J connectivity index is 0.000000383. The van der Waals surface area contributed by atoms with Gasteiger partial charge in [-0.15, -0.1) is 11.3 Å². The number of alkyl halides is 3. The Morgan fingerprint density at radius 3 is 2.45 bits per heavy atom. The molecule has 3 aliphatic rings. The molecule has 0 saturated carbocycles. The summed E-state index contributed by atoms with van der Waals surface area (Å²) in [5, 5.41) is 12.4. The van der Waals surface area contributed by atoms with E-state index in [-0.39, 0.29) is 23.3 Å². The van der Waals surface area contributed by atoms with Gasteiger partial charge in [0.2, 0.25) is 5.91 Å². The van der Waals surface area contributed by atoms with Crippen molar-refractivity contribution in [3.05, 3.63) is 22.4 Å². The highest BCUT2D eigenvalue weighted by atomic mass is 32.1. The molecule has 1 spiro atoms. The number of carboxylic acids is 1. The fourth-order valence-corrected chi connectivity index (χ4v) is 5.90. The molecule has 3 fully saturated rings. The zero-order valence-corrected chi connectivity index (χ0v) is 19.5. The number of hydrogen-bond acceptors (Lipinski definition) is 5. The largest absolute Gasteiger partial charge is 0.490 e. The standard InChI is InChI=1S/C20H29N3O2S.C2HF3O2/c1-3-5-14(2)23-12-15-16(13-23)20(21-18(15)24)7-9-22(10-8-20)19(25)17-6-4-11-26-17;3-2(4,5)1(6)7/h4,6,11,14-16H,3,5,7-10,12-13H2,1-2H3,(H,21,24);(H,6,7)/t14?,15-,16+;/m1./s1. The molecule has 2 N–H and O–H groups in total. The molecule has 2 amide bonds. The first-order valence-corrected chi connectivity index (χ1v) is 12.1. The molecule has 0 radical (unpaired) electrons. The van der Waals surface area contributed by atoms with Gasteiger partial charge in [-0.05, 0) is 37.6 Å². The number of carboxylic acid groups (broad SMARTS) is 1. The summed E-state index contributed by atoms with van der Waals surface area (Å²) in [5.41, 5.74) is -0.103. The molecule has 7 nitrogen and oxygen atoms in total. The lowest BCUT2D eigenvalue weighted by molar-refractivity contribution is -0.192. The Bertz CT molecular complexity index is 854. The van der Waals surface area contributed by atoms with Gasteiger partial charge in [-0.1, -0.05) is 19.4 Å². The van der Waals surface area contributed by atoms with Crippen LogP contribution in [-0.2, 0) is 9.59 Å². The highest BCUT2D eigenvalue weighted by molar-refractivity contribution is 7.12. The molecular weight excluding hydrogens is 459 g/mol. The van der Waals surface area contributed by atoms with Crippen LogP contribution < -0.4 is 5.32 Å². The third-order valence-electron chi connectivity index (χ3n) is 7.01. The van der Waals surface area contributed by atoms with Crippen LogP contribution in [0.4, 0.5) is 13.2 Å². The molecule has 4 rings (SSSR count). The molecular formula is C22H30F3N3O4S. The molecule has 0 aliphatic carbocycles. The minimum atomic E-state index is -5.08. The van der Waals surface area contributed by atoms with E-state index in [1.807, 2.05) is 22.4 Å². The molecule has 4 heterocycles. The number of carbonyl (C=O) groups is 3. The fourth-order valence-electron chi connectivity index (χ4n) is 5.21. The van der Waals surface area contributed by atoms with Crippen LogP contribution in [0, 0.1) is 11.8 Å². The van der Waals surface area contributed by atoms with E-state index in [0.717, 1.165) is 43.9 Å². The van der Waals surface area contributed by atoms with Gasteiger partial charge >= 0.3 is 12.1 Å². The van der Waals surface area contributed by atoms with Crippen molar-refractivity contribution in [1.29, 1.82) is 0 Å². The van der Waals surface area contributed by atoms with Crippen molar-refractivity contribution in [2.45, 2.75) is 57.3 Å². The number of likely N-dealkylation sites (tertiary alicyclic amines) is 2. The monoisotopic (exact) mass is 489 g/mol. The maximum atomic E-state index is 12.6. The third kappa shape index (κ3) is 5.51. The number of amides is 2. The van der Waals surface area contributed by atoms with Crippen molar-refractivity contribution in [2.75, 3.05) is 26.2 Å². The van der Waals surface area contributed by atoms with Crippen molar-refractivity contribution in [2.24, 2.45) is 11.8 Å². The average Bonchev–Trinajstić information content (AvgIpc) is 3.48. The number of nitrogens with one attached hydrogen (secondary N) is 1. The van der Waals surface area contributed by atoms with E-state index >= 15 is 0 Å². The average molecular weight is 490 g/mol. The number of halogens is 3. The number of aliphatic carboxylic acids is 1. The zero-order valence-electron chi connectivity index (χ0n) is 18.7. The van der Waals surface area contributed by atoms with Gasteiger partial charge in [-0.3, -0.25) is 14.5 Å². The second-order valence-corrected chi connectivity index (χ2v) is 9.97. The minimum Gasteiger partial charge on any atom is -0.475 e. The van der Waals surface area contributed by atoms with E-state index in [2.05, 4.69) is 24.1 Å². The summed E-state index contributed by atoms with van der Waals surface area (Å²) in [6.07, 6.45) is -0.943. The van der Waals surface area contributed by atoms with Gasteiger partial charge in [0.05, 0.1) is 10.8 Å². The van der Waals surface area contributed by atoms with Gasteiger partial charge in [0.15, 0.2) is 0 Å². The SMILES string of the molecule is CCCC(C)N1C[C@H]2C(=O)NC3(CCN(C(=O)c4cccs4)CC3)[C@H]2C1.O=C(O)C(F)(F)F. The smallest absolute Gasteiger partial charge is 0.475 e. The van der Waals surface area contributed by atoms with Crippen molar-refractivity contribution >= 4 is 29.1 Å². The van der Waals surface area contributed by atoms with Crippen molar-refractivity contribution in [3.63, 3.8) is 0 Å². The summed E-state index contributed by atoms with van der Waals surface area (Å²) < 4.78 is 31.7. The second kappa shape index (κ2) is 10.0.